The van der Waals surface area contributed by atoms with Gasteiger partial charge in [0.1, 0.15) is 11.4 Å². The summed E-state index contributed by atoms with van der Waals surface area (Å²) < 4.78 is 10.2. The van der Waals surface area contributed by atoms with Crippen molar-refractivity contribution in [2.75, 3.05) is 50.6 Å². The summed E-state index contributed by atoms with van der Waals surface area (Å²) in [7, 11) is 2.99. The van der Waals surface area contributed by atoms with Crippen LogP contribution >= 0.6 is 0 Å². The Morgan fingerprint density at radius 3 is 2.69 bits per heavy atom. The molecule has 2 heterocycles. The van der Waals surface area contributed by atoms with E-state index in [4.69, 9.17) is 9.47 Å². The summed E-state index contributed by atoms with van der Waals surface area (Å²) in [6, 6.07) is 15.7. The highest BCUT2D eigenvalue weighted by Gasteiger charge is 2.26. The van der Waals surface area contributed by atoms with Gasteiger partial charge in [-0.3, -0.25) is 9.69 Å². The predicted octanol–water partition coefficient (Wildman–Crippen LogP) is 3.11. The number of rotatable bonds is 6. The van der Waals surface area contributed by atoms with E-state index in [1.165, 1.54) is 7.11 Å². The van der Waals surface area contributed by atoms with Crippen molar-refractivity contribution in [2.45, 2.75) is 13.0 Å². The molecule has 1 aliphatic heterocycles. The molecule has 4 rings (SSSR count). The Morgan fingerprint density at radius 1 is 1.12 bits per heavy atom. The first-order valence-corrected chi connectivity index (χ1v) is 10.6. The highest BCUT2D eigenvalue weighted by molar-refractivity contribution is 6.11. The average Bonchev–Trinajstić information content (AvgIpc) is 3.17. The minimum atomic E-state index is -0.517. The number of fused-ring (bicyclic) bond motifs is 1. The molecule has 8 nitrogen and oxygen atoms in total. The summed E-state index contributed by atoms with van der Waals surface area (Å²) in [5, 5.41) is 3.70. The molecule has 8 heteroatoms. The average molecular weight is 437 g/mol. The van der Waals surface area contributed by atoms with E-state index in [1.54, 1.807) is 7.11 Å². The van der Waals surface area contributed by atoms with E-state index in [2.05, 4.69) is 33.1 Å². The molecule has 2 N–H and O–H groups in total. The molecule has 168 valence electrons. The van der Waals surface area contributed by atoms with Gasteiger partial charge in [0.05, 0.1) is 26.5 Å². The number of hydrogen-bond donors (Lipinski definition) is 2. The van der Waals surface area contributed by atoms with Gasteiger partial charge < -0.3 is 24.7 Å². The van der Waals surface area contributed by atoms with Gasteiger partial charge in [0.2, 0.25) is 5.91 Å². The first-order chi connectivity index (χ1) is 15.5. The molecule has 1 aliphatic rings. The molecular weight excluding hydrogens is 408 g/mol. The molecule has 1 atom stereocenters. The number of anilines is 2. The van der Waals surface area contributed by atoms with Crippen molar-refractivity contribution in [1.82, 2.24) is 9.88 Å². The molecule has 1 amide bonds. The summed E-state index contributed by atoms with van der Waals surface area (Å²) >= 11 is 0. The lowest BCUT2D eigenvalue weighted by Crippen LogP contribution is -2.53. The number of piperazine rings is 1. The van der Waals surface area contributed by atoms with Crippen LogP contribution < -0.4 is 15.0 Å². The number of ether oxygens (including phenoxy) is 2. The van der Waals surface area contributed by atoms with Crippen molar-refractivity contribution in [3.8, 4) is 5.75 Å². The highest BCUT2D eigenvalue weighted by Crippen LogP contribution is 2.29. The molecule has 1 aromatic heterocycles. The second-order valence-corrected chi connectivity index (χ2v) is 7.94. The minimum absolute atomic E-state index is 0.165. The summed E-state index contributed by atoms with van der Waals surface area (Å²) in [6.45, 7) is 4.71. The number of aromatic nitrogens is 1. The van der Waals surface area contributed by atoms with Crippen molar-refractivity contribution < 1.29 is 19.1 Å². The number of nitrogens with one attached hydrogen (secondary N) is 2. The van der Waals surface area contributed by atoms with E-state index >= 15 is 0 Å². The molecular formula is C24H28N4O4. The number of methoxy groups -OCH3 is 2. The second-order valence-electron chi connectivity index (χ2n) is 7.94. The predicted molar refractivity (Wildman–Crippen MR) is 125 cm³/mol. The van der Waals surface area contributed by atoms with Gasteiger partial charge in [-0.05, 0) is 25.1 Å². The van der Waals surface area contributed by atoms with E-state index in [-0.39, 0.29) is 24.2 Å². The van der Waals surface area contributed by atoms with Crippen LogP contribution in [0.1, 0.15) is 17.4 Å². The number of benzene rings is 2. The van der Waals surface area contributed by atoms with Crippen molar-refractivity contribution in [3.05, 3.63) is 54.2 Å². The van der Waals surface area contributed by atoms with Gasteiger partial charge in [0, 0.05) is 48.3 Å². The van der Waals surface area contributed by atoms with Crippen LogP contribution in [0.4, 0.5) is 11.4 Å². The minimum Gasteiger partial charge on any atom is -0.497 e. The molecule has 0 bridgehead atoms. The van der Waals surface area contributed by atoms with Crippen LogP contribution in [0.3, 0.4) is 0 Å². The van der Waals surface area contributed by atoms with E-state index < -0.39 is 5.97 Å². The number of H-pyrrole nitrogens is 1. The van der Waals surface area contributed by atoms with E-state index in [9.17, 15) is 9.59 Å². The molecule has 0 unspecified atom stereocenters. The molecule has 0 spiro atoms. The number of para-hydroxylation sites is 1. The van der Waals surface area contributed by atoms with Gasteiger partial charge in [-0.1, -0.05) is 24.3 Å². The summed E-state index contributed by atoms with van der Waals surface area (Å²) in [5.74, 6) is 0.149. The Bertz CT molecular complexity index is 1130. The zero-order valence-corrected chi connectivity index (χ0v) is 18.6. The van der Waals surface area contributed by atoms with Gasteiger partial charge in [-0.2, -0.15) is 0 Å². The van der Waals surface area contributed by atoms with Crippen LogP contribution in [-0.4, -0.2) is 68.2 Å². The van der Waals surface area contributed by atoms with Crippen molar-refractivity contribution in [1.29, 1.82) is 0 Å². The summed E-state index contributed by atoms with van der Waals surface area (Å²) in [4.78, 5) is 32.6. The third-order valence-corrected chi connectivity index (χ3v) is 5.82. The van der Waals surface area contributed by atoms with Gasteiger partial charge in [-0.25, -0.2) is 4.79 Å². The Hall–Kier alpha value is -3.52. The van der Waals surface area contributed by atoms with Crippen LogP contribution in [0, 0.1) is 0 Å². The number of carbonyl (C=O) groups is 2. The number of aromatic amines is 1. The van der Waals surface area contributed by atoms with E-state index in [1.807, 2.05) is 42.5 Å². The first-order valence-electron chi connectivity index (χ1n) is 10.6. The lowest BCUT2D eigenvalue weighted by Gasteiger charge is -2.41. The van der Waals surface area contributed by atoms with Crippen molar-refractivity contribution >= 4 is 34.2 Å². The number of esters is 1. The van der Waals surface area contributed by atoms with Gasteiger partial charge >= 0.3 is 5.97 Å². The van der Waals surface area contributed by atoms with Crippen LogP contribution in [0.5, 0.6) is 5.75 Å². The molecule has 3 aromatic rings. The molecule has 1 fully saturated rings. The van der Waals surface area contributed by atoms with Crippen molar-refractivity contribution in [3.63, 3.8) is 0 Å². The topological polar surface area (TPSA) is 86.9 Å². The maximum Gasteiger partial charge on any atom is 0.356 e. The molecule has 32 heavy (non-hydrogen) atoms. The Morgan fingerprint density at radius 2 is 1.94 bits per heavy atom. The maximum atomic E-state index is 12.9. The zero-order valence-electron chi connectivity index (χ0n) is 18.6. The monoisotopic (exact) mass is 436 g/mol. The largest absolute Gasteiger partial charge is 0.497 e. The van der Waals surface area contributed by atoms with Crippen molar-refractivity contribution in [2.24, 2.45) is 0 Å². The third kappa shape index (κ3) is 4.40. The standard InChI is InChI=1S/C24H28N4O4/c1-16-14-27(11-12-28(16)17-7-6-8-18(13-17)31-2)15-21(29)26-22-19-9-4-5-10-20(19)25-23(22)24(30)32-3/h4-10,13,16,25H,11-12,14-15H2,1-3H3,(H,26,29)/t16-/m1/s1. The van der Waals surface area contributed by atoms with Crippen LogP contribution in [0.25, 0.3) is 10.9 Å². The Labute approximate surface area is 187 Å². The maximum absolute atomic E-state index is 12.9. The fourth-order valence-electron chi connectivity index (χ4n) is 4.26. The van der Waals surface area contributed by atoms with Crippen LogP contribution in [-0.2, 0) is 9.53 Å². The third-order valence-electron chi connectivity index (χ3n) is 5.82. The SMILES string of the molecule is COC(=O)c1[nH]c2ccccc2c1NC(=O)CN1CCN(c2cccc(OC)c2)[C@H](C)C1. The molecule has 0 saturated carbocycles. The highest BCUT2D eigenvalue weighted by atomic mass is 16.5. The quantitative estimate of drug-likeness (QED) is 0.578. The van der Waals surface area contributed by atoms with Crippen LogP contribution in [0.15, 0.2) is 48.5 Å². The Balaban J connectivity index is 1.43. The van der Waals surface area contributed by atoms with Gasteiger partial charge in [-0.15, -0.1) is 0 Å². The van der Waals surface area contributed by atoms with E-state index in [0.29, 0.717) is 5.69 Å². The number of carbonyl (C=O) groups excluding carboxylic acids is 2. The fourth-order valence-corrected chi connectivity index (χ4v) is 4.26. The fraction of sp³-hybridized carbons (Fsp3) is 0.333. The summed E-state index contributed by atoms with van der Waals surface area (Å²) in [5.41, 5.74) is 2.59. The molecule has 0 radical (unpaired) electrons. The molecule has 0 aliphatic carbocycles. The number of hydrogen-bond acceptors (Lipinski definition) is 6. The molecule has 2 aromatic carbocycles. The van der Waals surface area contributed by atoms with Gasteiger partial charge in [0.15, 0.2) is 0 Å². The van der Waals surface area contributed by atoms with Crippen LogP contribution in [0.2, 0.25) is 0 Å². The Kier molecular flexibility index (Phi) is 6.32. The van der Waals surface area contributed by atoms with Gasteiger partial charge in [0.25, 0.3) is 0 Å². The molecule has 1 saturated heterocycles. The lowest BCUT2D eigenvalue weighted by atomic mass is 10.1. The normalized spacial score (nSPS) is 16.7. The first kappa shape index (κ1) is 21.7. The zero-order chi connectivity index (χ0) is 22.7. The second kappa shape index (κ2) is 9.32. The number of amides is 1. The lowest BCUT2D eigenvalue weighted by molar-refractivity contribution is -0.117. The number of nitrogens with zero attached hydrogens (tertiary/aromatic N) is 2. The van der Waals surface area contributed by atoms with E-state index in [0.717, 1.165) is 42.0 Å². The summed E-state index contributed by atoms with van der Waals surface area (Å²) in [6.07, 6.45) is 0. The smallest absolute Gasteiger partial charge is 0.356 e.